The minimum absolute atomic E-state index is 0.509. The Bertz CT molecular complexity index is 426. The summed E-state index contributed by atoms with van der Waals surface area (Å²) >= 11 is 0. The largest absolute Gasteiger partial charge is 0.344 e. The molecule has 1 aliphatic carbocycles. The Morgan fingerprint density at radius 1 is 1.41 bits per heavy atom. The monoisotopic (exact) mass is 229 g/mol. The van der Waals surface area contributed by atoms with E-state index in [4.69, 9.17) is 0 Å². The van der Waals surface area contributed by atoms with Crippen LogP contribution in [0.5, 0.6) is 0 Å². The summed E-state index contributed by atoms with van der Waals surface area (Å²) in [4.78, 5) is 12.4. The van der Waals surface area contributed by atoms with Crippen LogP contribution in [-0.2, 0) is 11.2 Å². The van der Waals surface area contributed by atoms with Crippen LogP contribution < -0.4 is 0 Å². The molecule has 1 aromatic rings. The second-order valence-electron chi connectivity index (χ2n) is 5.98. The number of hydrogen-bond acceptors (Lipinski definition) is 1. The van der Waals surface area contributed by atoms with Crippen molar-refractivity contribution in [1.82, 2.24) is 4.90 Å². The minimum Gasteiger partial charge on any atom is -0.344 e. The van der Waals surface area contributed by atoms with Gasteiger partial charge in [0.15, 0.2) is 0 Å². The Morgan fingerprint density at radius 2 is 2.18 bits per heavy atom. The summed E-state index contributed by atoms with van der Waals surface area (Å²) in [6.07, 6.45) is 4.82. The van der Waals surface area contributed by atoms with Gasteiger partial charge >= 0.3 is 0 Å². The standard InChI is InChI=1S/C15H19NO/c1-12-3-2-4-13(5-12)6-14-7-15(8-14)9-16(10-15)11-17/h2-5,11,14H,6-10H2,1H3. The van der Waals surface area contributed by atoms with Crippen molar-refractivity contribution in [3.8, 4) is 0 Å². The Kier molecular flexibility index (Phi) is 2.46. The number of amides is 1. The molecule has 2 aliphatic rings. The molecule has 3 rings (SSSR count). The number of aryl methyl sites for hydroxylation is 1. The maximum absolute atomic E-state index is 10.6. The van der Waals surface area contributed by atoms with Gasteiger partial charge in [0.2, 0.25) is 6.41 Å². The molecule has 1 aromatic carbocycles. The highest BCUT2D eigenvalue weighted by Crippen LogP contribution is 2.52. The molecule has 0 bridgehead atoms. The van der Waals surface area contributed by atoms with Gasteiger partial charge in [0.1, 0.15) is 0 Å². The van der Waals surface area contributed by atoms with Gasteiger partial charge in [-0.05, 0) is 37.7 Å². The molecule has 1 aliphatic heterocycles. The maximum Gasteiger partial charge on any atom is 0.209 e. The minimum atomic E-state index is 0.509. The van der Waals surface area contributed by atoms with Crippen molar-refractivity contribution in [3.05, 3.63) is 35.4 Å². The van der Waals surface area contributed by atoms with E-state index in [-0.39, 0.29) is 0 Å². The smallest absolute Gasteiger partial charge is 0.209 e. The molecular weight excluding hydrogens is 210 g/mol. The van der Waals surface area contributed by atoms with Gasteiger partial charge in [-0.1, -0.05) is 29.8 Å². The maximum atomic E-state index is 10.6. The molecule has 2 heteroatoms. The lowest BCUT2D eigenvalue weighted by molar-refractivity contribution is -0.141. The topological polar surface area (TPSA) is 20.3 Å². The van der Waals surface area contributed by atoms with Crippen LogP contribution in [-0.4, -0.2) is 24.4 Å². The van der Waals surface area contributed by atoms with Crippen LogP contribution >= 0.6 is 0 Å². The van der Waals surface area contributed by atoms with E-state index in [0.29, 0.717) is 5.41 Å². The van der Waals surface area contributed by atoms with E-state index in [1.807, 2.05) is 4.90 Å². The number of carbonyl (C=O) groups excluding carboxylic acids is 1. The molecule has 2 nitrogen and oxygen atoms in total. The van der Waals surface area contributed by atoms with Crippen molar-refractivity contribution in [2.24, 2.45) is 11.3 Å². The van der Waals surface area contributed by atoms with E-state index in [1.165, 1.54) is 30.4 Å². The molecular formula is C15H19NO. The first-order valence-corrected chi connectivity index (χ1v) is 6.44. The van der Waals surface area contributed by atoms with Crippen molar-refractivity contribution in [3.63, 3.8) is 0 Å². The van der Waals surface area contributed by atoms with E-state index < -0.39 is 0 Å². The van der Waals surface area contributed by atoms with Gasteiger partial charge in [0.25, 0.3) is 0 Å². The summed E-state index contributed by atoms with van der Waals surface area (Å²) in [7, 11) is 0. The van der Waals surface area contributed by atoms with Crippen LogP contribution in [0.25, 0.3) is 0 Å². The Labute approximate surface area is 103 Å². The van der Waals surface area contributed by atoms with Crippen molar-refractivity contribution in [2.45, 2.75) is 26.2 Å². The zero-order valence-electron chi connectivity index (χ0n) is 10.4. The Hall–Kier alpha value is -1.31. The Morgan fingerprint density at radius 3 is 2.82 bits per heavy atom. The number of rotatable bonds is 3. The van der Waals surface area contributed by atoms with Crippen molar-refractivity contribution in [2.75, 3.05) is 13.1 Å². The molecule has 0 aromatic heterocycles. The van der Waals surface area contributed by atoms with E-state index in [9.17, 15) is 4.79 Å². The normalized spacial score (nSPS) is 22.1. The van der Waals surface area contributed by atoms with E-state index in [1.54, 1.807) is 0 Å². The summed E-state index contributed by atoms with van der Waals surface area (Å²) < 4.78 is 0. The molecule has 1 spiro atoms. The molecule has 1 heterocycles. The number of nitrogens with zero attached hydrogens (tertiary/aromatic N) is 1. The first-order valence-electron chi connectivity index (χ1n) is 6.44. The van der Waals surface area contributed by atoms with Gasteiger partial charge in [0, 0.05) is 18.5 Å². The molecule has 0 radical (unpaired) electrons. The van der Waals surface area contributed by atoms with Crippen molar-refractivity contribution >= 4 is 6.41 Å². The lowest BCUT2D eigenvalue weighted by Gasteiger charge is -2.58. The molecule has 1 saturated carbocycles. The quantitative estimate of drug-likeness (QED) is 0.729. The van der Waals surface area contributed by atoms with E-state index in [0.717, 1.165) is 25.4 Å². The number of carbonyl (C=O) groups is 1. The zero-order chi connectivity index (χ0) is 11.9. The second-order valence-corrected chi connectivity index (χ2v) is 5.98. The average molecular weight is 229 g/mol. The first-order chi connectivity index (χ1) is 8.19. The molecule has 2 fully saturated rings. The molecule has 1 amide bonds. The van der Waals surface area contributed by atoms with Crippen molar-refractivity contribution in [1.29, 1.82) is 0 Å². The lowest BCUT2D eigenvalue weighted by Crippen LogP contribution is -2.61. The van der Waals surface area contributed by atoms with Crippen LogP contribution in [0.4, 0.5) is 0 Å². The number of hydrogen-bond donors (Lipinski definition) is 0. The number of benzene rings is 1. The fourth-order valence-electron chi connectivity index (χ4n) is 3.63. The average Bonchev–Trinajstić information content (AvgIpc) is 2.19. The summed E-state index contributed by atoms with van der Waals surface area (Å²) in [5.74, 6) is 0.839. The summed E-state index contributed by atoms with van der Waals surface area (Å²) in [5.41, 5.74) is 3.33. The molecule has 1 saturated heterocycles. The van der Waals surface area contributed by atoms with Gasteiger partial charge in [-0.15, -0.1) is 0 Å². The van der Waals surface area contributed by atoms with Gasteiger partial charge in [-0.3, -0.25) is 4.79 Å². The van der Waals surface area contributed by atoms with Crippen LogP contribution in [0.3, 0.4) is 0 Å². The third-order valence-corrected chi connectivity index (χ3v) is 4.28. The van der Waals surface area contributed by atoms with E-state index >= 15 is 0 Å². The predicted octanol–water partition coefficient (Wildman–Crippen LogP) is 2.41. The van der Waals surface area contributed by atoms with Gasteiger partial charge in [-0.25, -0.2) is 0 Å². The molecule has 17 heavy (non-hydrogen) atoms. The van der Waals surface area contributed by atoms with E-state index in [2.05, 4.69) is 31.2 Å². The summed E-state index contributed by atoms with van der Waals surface area (Å²) in [5, 5.41) is 0. The van der Waals surface area contributed by atoms with Crippen LogP contribution in [0.15, 0.2) is 24.3 Å². The zero-order valence-corrected chi connectivity index (χ0v) is 10.4. The van der Waals surface area contributed by atoms with Gasteiger partial charge < -0.3 is 4.90 Å². The van der Waals surface area contributed by atoms with Crippen molar-refractivity contribution < 1.29 is 4.79 Å². The highest BCUT2D eigenvalue weighted by molar-refractivity contribution is 5.49. The molecule has 0 atom stereocenters. The fourth-order valence-corrected chi connectivity index (χ4v) is 3.63. The fraction of sp³-hybridized carbons (Fsp3) is 0.533. The Balaban J connectivity index is 1.52. The predicted molar refractivity (Wildman–Crippen MR) is 67.7 cm³/mol. The highest BCUT2D eigenvalue weighted by atomic mass is 16.1. The number of likely N-dealkylation sites (tertiary alicyclic amines) is 1. The second kappa shape index (κ2) is 3.86. The molecule has 0 N–H and O–H groups in total. The summed E-state index contributed by atoms with van der Waals surface area (Å²) in [6, 6.07) is 8.83. The van der Waals surface area contributed by atoms with Crippen LogP contribution in [0.1, 0.15) is 24.0 Å². The third-order valence-electron chi connectivity index (χ3n) is 4.28. The van der Waals surface area contributed by atoms with Gasteiger partial charge in [0.05, 0.1) is 0 Å². The van der Waals surface area contributed by atoms with Crippen LogP contribution in [0.2, 0.25) is 0 Å². The third kappa shape index (κ3) is 1.97. The molecule has 0 unspecified atom stereocenters. The first kappa shape index (κ1) is 10.8. The lowest BCUT2D eigenvalue weighted by atomic mass is 9.56. The van der Waals surface area contributed by atoms with Gasteiger partial charge in [-0.2, -0.15) is 0 Å². The van der Waals surface area contributed by atoms with Crippen LogP contribution in [0, 0.1) is 18.3 Å². The SMILES string of the molecule is Cc1cccc(CC2CC3(C2)CN(C=O)C3)c1. The highest BCUT2D eigenvalue weighted by Gasteiger charge is 2.51. The molecule has 90 valence electrons. The summed E-state index contributed by atoms with van der Waals surface area (Å²) in [6.45, 7) is 4.15.